The van der Waals surface area contributed by atoms with Crippen LogP contribution in [0.25, 0.3) is 10.2 Å². The van der Waals surface area contributed by atoms with Crippen LogP contribution in [0, 0.1) is 13.8 Å². The quantitative estimate of drug-likeness (QED) is 0.426. The SMILES string of the molecule is C=CCn1c(SCC(=O)N2[C@H](C)CCC[C@@H]2C)nc2sc(C)c(C)c2c1=O. The number of hydrogen-bond donors (Lipinski definition) is 0. The summed E-state index contributed by atoms with van der Waals surface area (Å²) in [5.74, 6) is 0.422. The summed E-state index contributed by atoms with van der Waals surface area (Å²) in [4.78, 5) is 34.4. The third-order valence-electron chi connectivity index (χ3n) is 5.37. The molecule has 146 valence electrons. The van der Waals surface area contributed by atoms with Gasteiger partial charge in [-0.3, -0.25) is 14.2 Å². The van der Waals surface area contributed by atoms with Crippen molar-refractivity contribution in [2.45, 2.75) is 70.7 Å². The molecule has 0 bridgehead atoms. The van der Waals surface area contributed by atoms with Gasteiger partial charge in [0.15, 0.2) is 5.16 Å². The number of rotatable bonds is 5. The van der Waals surface area contributed by atoms with E-state index in [2.05, 4.69) is 20.4 Å². The minimum atomic E-state index is -0.0450. The number of carbonyl (C=O) groups is 1. The second-order valence-electron chi connectivity index (χ2n) is 7.28. The lowest BCUT2D eigenvalue weighted by atomic mass is 9.98. The molecular weight excluding hydrogens is 378 g/mol. The summed E-state index contributed by atoms with van der Waals surface area (Å²) in [6, 6.07) is 0.547. The molecular formula is C20H27N3O2S2. The van der Waals surface area contributed by atoms with E-state index in [1.165, 1.54) is 29.5 Å². The van der Waals surface area contributed by atoms with E-state index in [-0.39, 0.29) is 23.6 Å². The zero-order valence-electron chi connectivity index (χ0n) is 16.4. The topological polar surface area (TPSA) is 55.2 Å². The number of piperidine rings is 1. The molecule has 5 nitrogen and oxygen atoms in total. The standard InChI is InChI=1S/C20H27N3O2S2/c1-6-10-22-19(25)17-14(4)15(5)27-18(17)21-20(22)26-11-16(24)23-12(2)8-7-9-13(23)3/h6,12-13H,1,7-11H2,2-5H3/t12-,13+. The second-order valence-corrected chi connectivity index (χ2v) is 9.43. The number of aromatic nitrogens is 2. The highest BCUT2D eigenvalue weighted by Gasteiger charge is 2.29. The maximum Gasteiger partial charge on any atom is 0.263 e. The van der Waals surface area contributed by atoms with Crippen LogP contribution < -0.4 is 5.56 Å². The van der Waals surface area contributed by atoms with Crippen molar-refractivity contribution in [2.24, 2.45) is 0 Å². The number of nitrogens with zero attached hydrogens (tertiary/aromatic N) is 3. The van der Waals surface area contributed by atoms with Gasteiger partial charge in [-0.15, -0.1) is 17.9 Å². The minimum Gasteiger partial charge on any atom is -0.337 e. The lowest BCUT2D eigenvalue weighted by Gasteiger charge is -2.39. The fraction of sp³-hybridized carbons (Fsp3) is 0.550. The predicted molar refractivity (Wildman–Crippen MR) is 114 cm³/mol. The number of thioether (sulfide) groups is 1. The van der Waals surface area contributed by atoms with Gasteiger partial charge in [0.05, 0.1) is 11.1 Å². The maximum absolute atomic E-state index is 13.0. The van der Waals surface area contributed by atoms with Crippen LogP contribution in [0.5, 0.6) is 0 Å². The number of fused-ring (bicyclic) bond motifs is 1. The van der Waals surface area contributed by atoms with Crippen LogP contribution in [0.4, 0.5) is 0 Å². The van der Waals surface area contributed by atoms with Crippen molar-refractivity contribution in [2.75, 3.05) is 5.75 Å². The summed E-state index contributed by atoms with van der Waals surface area (Å²) in [5.41, 5.74) is 0.949. The van der Waals surface area contributed by atoms with Gasteiger partial charge in [-0.1, -0.05) is 17.8 Å². The summed E-state index contributed by atoms with van der Waals surface area (Å²) >= 11 is 2.89. The Morgan fingerprint density at radius 3 is 2.63 bits per heavy atom. The summed E-state index contributed by atoms with van der Waals surface area (Å²) in [7, 11) is 0. The molecule has 1 saturated heterocycles. The number of hydrogen-bond acceptors (Lipinski definition) is 5. The van der Waals surface area contributed by atoms with Crippen molar-refractivity contribution < 1.29 is 4.79 Å². The van der Waals surface area contributed by atoms with Crippen LogP contribution in [-0.4, -0.2) is 38.2 Å². The predicted octanol–water partition coefficient (Wildman–Crippen LogP) is 4.14. The van der Waals surface area contributed by atoms with Crippen molar-refractivity contribution in [1.29, 1.82) is 0 Å². The Labute approximate surface area is 168 Å². The number of carbonyl (C=O) groups excluding carboxylic acids is 1. The zero-order chi connectivity index (χ0) is 19.7. The van der Waals surface area contributed by atoms with E-state index in [4.69, 9.17) is 4.98 Å². The molecule has 2 aromatic rings. The molecule has 7 heteroatoms. The smallest absolute Gasteiger partial charge is 0.263 e. The number of aryl methyl sites for hydroxylation is 2. The second kappa shape index (κ2) is 8.19. The van der Waals surface area contributed by atoms with Crippen molar-refractivity contribution in [1.82, 2.24) is 14.5 Å². The van der Waals surface area contributed by atoms with Crippen LogP contribution in [-0.2, 0) is 11.3 Å². The molecule has 1 fully saturated rings. The molecule has 27 heavy (non-hydrogen) atoms. The summed E-state index contributed by atoms with van der Waals surface area (Å²) in [6.45, 7) is 12.4. The first-order chi connectivity index (χ1) is 12.8. The zero-order valence-corrected chi connectivity index (χ0v) is 18.1. The number of thiophene rings is 1. The van der Waals surface area contributed by atoms with Crippen molar-refractivity contribution in [3.63, 3.8) is 0 Å². The van der Waals surface area contributed by atoms with Crippen LogP contribution in [0.2, 0.25) is 0 Å². The van der Waals surface area contributed by atoms with Gasteiger partial charge >= 0.3 is 0 Å². The van der Waals surface area contributed by atoms with Gasteiger partial charge in [-0.2, -0.15) is 0 Å². The van der Waals surface area contributed by atoms with E-state index in [9.17, 15) is 9.59 Å². The van der Waals surface area contributed by atoms with Gasteiger partial charge in [0.1, 0.15) is 4.83 Å². The molecule has 0 saturated carbocycles. The highest BCUT2D eigenvalue weighted by Crippen LogP contribution is 2.29. The first kappa shape index (κ1) is 20.1. The monoisotopic (exact) mass is 405 g/mol. The molecule has 2 atom stereocenters. The molecule has 0 N–H and O–H groups in total. The molecule has 0 aromatic carbocycles. The lowest BCUT2D eigenvalue weighted by molar-refractivity contribution is -0.134. The summed E-state index contributed by atoms with van der Waals surface area (Å²) in [6.07, 6.45) is 4.98. The van der Waals surface area contributed by atoms with E-state index in [0.29, 0.717) is 22.8 Å². The largest absolute Gasteiger partial charge is 0.337 e. The molecule has 0 spiro atoms. The molecule has 3 heterocycles. The number of allylic oxidation sites excluding steroid dienone is 1. The van der Waals surface area contributed by atoms with Gasteiger partial charge in [0.25, 0.3) is 5.56 Å². The molecule has 1 aliphatic rings. The molecule has 3 rings (SSSR count). The molecule has 0 radical (unpaired) electrons. The highest BCUT2D eigenvalue weighted by molar-refractivity contribution is 7.99. The van der Waals surface area contributed by atoms with Crippen LogP contribution in [0.15, 0.2) is 22.6 Å². The van der Waals surface area contributed by atoms with Gasteiger partial charge in [0, 0.05) is 23.5 Å². The fourth-order valence-corrected chi connectivity index (χ4v) is 5.77. The Kier molecular flexibility index (Phi) is 6.11. The van der Waals surface area contributed by atoms with E-state index >= 15 is 0 Å². The van der Waals surface area contributed by atoms with E-state index < -0.39 is 0 Å². The van der Waals surface area contributed by atoms with E-state index in [0.717, 1.165) is 28.1 Å². The highest BCUT2D eigenvalue weighted by atomic mass is 32.2. The van der Waals surface area contributed by atoms with Gasteiger partial charge < -0.3 is 4.90 Å². The molecule has 1 amide bonds. The third-order valence-corrected chi connectivity index (χ3v) is 7.43. The van der Waals surface area contributed by atoms with Gasteiger partial charge in [0.2, 0.25) is 5.91 Å². The van der Waals surface area contributed by atoms with Gasteiger partial charge in [-0.05, 0) is 52.5 Å². The van der Waals surface area contributed by atoms with Crippen molar-refractivity contribution in [3.8, 4) is 0 Å². The molecule has 2 aromatic heterocycles. The molecule has 0 aliphatic carbocycles. The Hall–Kier alpha value is -1.60. The first-order valence-electron chi connectivity index (χ1n) is 9.40. The first-order valence-corrected chi connectivity index (χ1v) is 11.2. The summed E-state index contributed by atoms with van der Waals surface area (Å²) < 4.78 is 1.63. The Morgan fingerprint density at radius 2 is 2.00 bits per heavy atom. The van der Waals surface area contributed by atoms with E-state index in [1.807, 2.05) is 18.7 Å². The fourth-order valence-electron chi connectivity index (χ4n) is 3.82. The van der Waals surface area contributed by atoms with Crippen LogP contribution >= 0.6 is 23.1 Å². The lowest BCUT2D eigenvalue weighted by Crippen LogP contribution is -2.48. The number of amides is 1. The Bertz CT molecular complexity index is 921. The van der Waals surface area contributed by atoms with Crippen LogP contribution in [0.3, 0.4) is 0 Å². The average Bonchev–Trinajstić information content (AvgIpc) is 2.90. The van der Waals surface area contributed by atoms with Crippen molar-refractivity contribution >= 4 is 39.2 Å². The normalized spacial score (nSPS) is 20.2. The molecule has 0 unspecified atom stereocenters. The Morgan fingerprint density at radius 1 is 1.33 bits per heavy atom. The van der Waals surface area contributed by atoms with Crippen LogP contribution in [0.1, 0.15) is 43.6 Å². The minimum absolute atomic E-state index is 0.0450. The Balaban J connectivity index is 1.90. The average molecular weight is 406 g/mol. The molecule has 1 aliphatic heterocycles. The number of likely N-dealkylation sites (tertiary alicyclic amines) is 1. The van der Waals surface area contributed by atoms with Gasteiger partial charge in [-0.25, -0.2) is 4.98 Å². The summed E-state index contributed by atoms with van der Waals surface area (Å²) in [5, 5.41) is 1.28. The van der Waals surface area contributed by atoms with E-state index in [1.54, 1.807) is 10.6 Å². The maximum atomic E-state index is 13.0. The van der Waals surface area contributed by atoms with Crippen molar-refractivity contribution in [3.05, 3.63) is 33.4 Å². The third kappa shape index (κ3) is 3.85.